The molecule has 3 rings (SSSR count). The highest BCUT2D eigenvalue weighted by Crippen LogP contribution is 2.25. The van der Waals surface area contributed by atoms with Crippen molar-refractivity contribution in [3.63, 3.8) is 0 Å². The summed E-state index contributed by atoms with van der Waals surface area (Å²) >= 11 is 6.57. The summed E-state index contributed by atoms with van der Waals surface area (Å²) in [7, 11) is 1.73. The lowest BCUT2D eigenvalue weighted by molar-refractivity contribution is -0.138. The van der Waals surface area contributed by atoms with Crippen molar-refractivity contribution in [2.24, 2.45) is 7.05 Å². The zero-order valence-corrected chi connectivity index (χ0v) is 18.8. The SMILES string of the molecule is CCOc1ccn(C)nc(C(=O)N2CCN(C3CCCCC3)C(=O)C2)c(Cl)c(C)c1. The van der Waals surface area contributed by atoms with Crippen molar-refractivity contribution in [3.8, 4) is 5.75 Å². The molecule has 1 aliphatic carbocycles. The number of amides is 2. The third-order valence-electron chi connectivity index (χ3n) is 5.70. The summed E-state index contributed by atoms with van der Waals surface area (Å²) in [6.45, 7) is 5.36. The van der Waals surface area contributed by atoms with E-state index in [1.807, 2.05) is 18.7 Å². The second-order valence-corrected chi connectivity index (χ2v) is 8.30. The Balaban J connectivity index is 1.85. The first kappa shape index (κ1) is 22.4. The molecule has 1 aliphatic heterocycles. The zero-order valence-electron chi connectivity index (χ0n) is 18.1. The van der Waals surface area contributed by atoms with Gasteiger partial charge in [-0.05, 0) is 44.4 Å². The third-order valence-corrected chi connectivity index (χ3v) is 6.18. The molecule has 1 saturated carbocycles. The molecule has 7 nitrogen and oxygen atoms in total. The highest BCUT2D eigenvalue weighted by atomic mass is 35.5. The van der Waals surface area contributed by atoms with E-state index in [2.05, 4.69) is 5.10 Å². The minimum Gasteiger partial charge on any atom is -0.494 e. The molecule has 30 heavy (non-hydrogen) atoms. The molecule has 1 aromatic rings. The van der Waals surface area contributed by atoms with Crippen LogP contribution in [0.3, 0.4) is 0 Å². The molecule has 0 unspecified atom stereocenters. The smallest absolute Gasteiger partial charge is 0.276 e. The van der Waals surface area contributed by atoms with E-state index in [-0.39, 0.29) is 29.1 Å². The summed E-state index contributed by atoms with van der Waals surface area (Å²) < 4.78 is 7.12. The van der Waals surface area contributed by atoms with Crippen LogP contribution in [0.15, 0.2) is 18.3 Å². The Labute approximate surface area is 183 Å². The van der Waals surface area contributed by atoms with Gasteiger partial charge in [-0.25, -0.2) is 0 Å². The molecule has 0 aromatic carbocycles. The van der Waals surface area contributed by atoms with E-state index in [0.29, 0.717) is 37.1 Å². The minimum absolute atomic E-state index is 0.00812. The van der Waals surface area contributed by atoms with E-state index < -0.39 is 0 Å². The van der Waals surface area contributed by atoms with Crippen LogP contribution in [-0.4, -0.2) is 63.7 Å². The molecule has 2 aliphatic rings. The molecule has 0 N–H and O–H groups in total. The van der Waals surface area contributed by atoms with Gasteiger partial charge in [0, 0.05) is 32.4 Å². The van der Waals surface area contributed by atoms with E-state index >= 15 is 0 Å². The summed E-state index contributed by atoms with van der Waals surface area (Å²) in [6.07, 6.45) is 7.42. The van der Waals surface area contributed by atoms with Crippen molar-refractivity contribution >= 4 is 23.4 Å². The Morgan fingerprint density at radius 1 is 1.27 bits per heavy atom. The molecule has 0 bridgehead atoms. The molecule has 2 amide bonds. The van der Waals surface area contributed by atoms with E-state index in [4.69, 9.17) is 16.3 Å². The highest BCUT2D eigenvalue weighted by Gasteiger charge is 2.33. The monoisotopic (exact) mass is 434 g/mol. The van der Waals surface area contributed by atoms with Crippen molar-refractivity contribution in [2.45, 2.75) is 52.0 Å². The van der Waals surface area contributed by atoms with Gasteiger partial charge in [0.1, 0.15) is 12.3 Å². The fraction of sp³-hybridized carbons (Fsp3) is 0.591. The van der Waals surface area contributed by atoms with Gasteiger partial charge in [-0.2, -0.15) is 5.10 Å². The topological polar surface area (TPSA) is 67.7 Å². The number of carbonyl (C=O) groups is 2. The normalized spacial score (nSPS) is 17.7. The van der Waals surface area contributed by atoms with Gasteiger partial charge in [0.2, 0.25) is 5.91 Å². The number of aromatic nitrogens is 2. The lowest BCUT2D eigenvalue weighted by Crippen LogP contribution is -2.55. The Hall–Kier alpha value is -2.28. The van der Waals surface area contributed by atoms with Crippen LogP contribution in [0, 0.1) is 6.92 Å². The number of ether oxygens (including phenoxy) is 1. The first-order valence-corrected chi connectivity index (χ1v) is 11.1. The lowest BCUT2D eigenvalue weighted by Gasteiger charge is -2.40. The second kappa shape index (κ2) is 10.2. The highest BCUT2D eigenvalue weighted by molar-refractivity contribution is 6.34. The second-order valence-electron chi connectivity index (χ2n) is 7.92. The number of piperazine rings is 1. The Morgan fingerprint density at radius 3 is 2.67 bits per heavy atom. The number of hydrogen-bond donors (Lipinski definition) is 0. The van der Waals surface area contributed by atoms with Gasteiger partial charge in [0.05, 0.1) is 11.6 Å². The maximum Gasteiger partial charge on any atom is 0.276 e. The molecule has 1 aromatic heterocycles. The first-order valence-electron chi connectivity index (χ1n) is 10.7. The Morgan fingerprint density at radius 2 is 2.00 bits per heavy atom. The maximum atomic E-state index is 13.3. The maximum absolute atomic E-state index is 13.3. The lowest BCUT2D eigenvalue weighted by atomic mass is 9.93. The van der Waals surface area contributed by atoms with Gasteiger partial charge in [0.15, 0.2) is 5.69 Å². The molecule has 8 heteroatoms. The van der Waals surface area contributed by atoms with Gasteiger partial charge in [-0.3, -0.25) is 14.3 Å². The summed E-state index contributed by atoms with van der Waals surface area (Å²) in [5.74, 6) is 0.318. The van der Waals surface area contributed by atoms with Crippen LogP contribution in [0.5, 0.6) is 5.75 Å². The molecule has 2 fully saturated rings. The predicted octanol–water partition coefficient (Wildman–Crippen LogP) is 3.52. The zero-order chi connectivity index (χ0) is 21.7. The number of carbonyl (C=O) groups excluding carboxylic acids is 2. The van der Waals surface area contributed by atoms with Crippen molar-refractivity contribution in [1.29, 1.82) is 0 Å². The van der Waals surface area contributed by atoms with Crippen molar-refractivity contribution in [2.75, 3.05) is 26.2 Å². The standard InChI is InChI=1S/C22H31ClN4O3/c1-4-30-18-10-11-25(3)24-21(20(23)16(2)14-18)22(29)26-12-13-27(19(28)15-26)17-8-6-5-7-9-17/h10-11,14,17H,4-9,12-13,15H2,1-3H3. The molecule has 0 radical (unpaired) electrons. The van der Waals surface area contributed by atoms with Crippen LogP contribution in [0.4, 0.5) is 0 Å². The van der Waals surface area contributed by atoms with Gasteiger partial charge >= 0.3 is 0 Å². The van der Waals surface area contributed by atoms with Crippen LogP contribution >= 0.6 is 11.6 Å². The van der Waals surface area contributed by atoms with Gasteiger partial charge in [0.25, 0.3) is 5.91 Å². The summed E-state index contributed by atoms with van der Waals surface area (Å²) in [4.78, 5) is 29.6. The molecule has 0 atom stereocenters. The van der Waals surface area contributed by atoms with Gasteiger partial charge in [-0.15, -0.1) is 0 Å². The summed E-state index contributed by atoms with van der Waals surface area (Å²) in [5, 5.41) is 4.66. The fourth-order valence-corrected chi connectivity index (χ4v) is 4.28. The van der Waals surface area contributed by atoms with Crippen LogP contribution < -0.4 is 4.74 Å². The average molecular weight is 435 g/mol. The number of nitrogens with zero attached hydrogens (tertiary/aromatic N) is 4. The number of aryl methyl sites for hydroxylation is 2. The number of halogens is 1. The van der Waals surface area contributed by atoms with E-state index in [1.54, 1.807) is 30.3 Å². The first-order chi connectivity index (χ1) is 14.4. The van der Waals surface area contributed by atoms with Crippen molar-refractivity contribution in [1.82, 2.24) is 19.6 Å². The molecular weight excluding hydrogens is 404 g/mol. The minimum atomic E-state index is -0.329. The van der Waals surface area contributed by atoms with Crippen LogP contribution in [0.2, 0.25) is 5.02 Å². The van der Waals surface area contributed by atoms with Crippen molar-refractivity contribution in [3.05, 3.63) is 34.6 Å². The summed E-state index contributed by atoms with van der Waals surface area (Å²) in [6, 6.07) is 3.88. The van der Waals surface area contributed by atoms with E-state index in [0.717, 1.165) is 12.8 Å². The number of rotatable bonds is 4. The fourth-order valence-electron chi connectivity index (χ4n) is 4.11. The molecule has 164 valence electrons. The van der Waals surface area contributed by atoms with Crippen LogP contribution in [0.25, 0.3) is 0 Å². The molecule has 0 spiro atoms. The molecule has 2 heterocycles. The Kier molecular flexibility index (Phi) is 7.58. The largest absolute Gasteiger partial charge is 0.494 e. The van der Waals surface area contributed by atoms with Gasteiger partial charge in [-0.1, -0.05) is 30.9 Å². The van der Waals surface area contributed by atoms with E-state index in [9.17, 15) is 9.59 Å². The summed E-state index contributed by atoms with van der Waals surface area (Å²) in [5.41, 5.74) is 0.813. The quantitative estimate of drug-likeness (QED) is 0.727. The van der Waals surface area contributed by atoms with Gasteiger partial charge < -0.3 is 14.5 Å². The average Bonchev–Trinajstić information content (AvgIpc) is 2.79. The van der Waals surface area contributed by atoms with E-state index in [1.165, 1.54) is 23.9 Å². The predicted molar refractivity (Wildman–Crippen MR) is 116 cm³/mol. The Bertz CT molecular complexity index is 847. The van der Waals surface area contributed by atoms with Crippen molar-refractivity contribution < 1.29 is 14.3 Å². The molecular formula is C22H31ClN4O3. The third kappa shape index (κ3) is 5.25. The van der Waals surface area contributed by atoms with Crippen LogP contribution in [0.1, 0.15) is 55.1 Å². The number of hydrogen-bond acceptors (Lipinski definition) is 4. The van der Waals surface area contributed by atoms with Crippen LogP contribution in [-0.2, 0) is 11.8 Å². The molecule has 1 saturated heterocycles.